The number of alkyl halides is 3. The number of carbonyl (C=O) groups excluding carboxylic acids is 1. The Bertz CT molecular complexity index is 880. The molecule has 0 radical (unpaired) electrons. The number of carbonyl (C=O) groups is 1. The fourth-order valence-corrected chi connectivity index (χ4v) is 2.60. The number of ether oxygens (including phenoxy) is 2. The van der Waals surface area contributed by atoms with Crippen LogP contribution in [0, 0.1) is 5.82 Å². The molecular weight excluding hydrogens is 448 g/mol. The van der Waals surface area contributed by atoms with Gasteiger partial charge in [-0.15, -0.1) is 0 Å². The number of urea groups is 1. The lowest BCUT2D eigenvalue weighted by Crippen LogP contribution is -2.65. The SMILES string of the molecule is O=C(Nc1ccc(Br)cc1F)N[C@]1(C(F)(F)F)Oc2ccc(Cl)cc2O1. The second-order valence-electron chi connectivity index (χ2n) is 5.11. The topological polar surface area (TPSA) is 59.6 Å². The number of amides is 2. The minimum absolute atomic E-state index is 0.117. The zero-order valence-electron chi connectivity index (χ0n) is 12.5. The first-order chi connectivity index (χ1) is 12.1. The van der Waals surface area contributed by atoms with Crippen molar-refractivity contribution in [3.63, 3.8) is 0 Å². The first-order valence-corrected chi connectivity index (χ1v) is 8.05. The Morgan fingerprint density at radius 2 is 1.81 bits per heavy atom. The molecule has 2 aromatic rings. The van der Waals surface area contributed by atoms with Crippen LogP contribution in [0.25, 0.3) is 0 Å². The van der Waals surface area contributed by atoms with Crippen LogP contribution in [0.2, 0.25) is 5.02 Å². The largest absolute Gasteiger partial charge is 0.492 e. The van der Waals surface area contributed by atoms with Crippen molar-refractivity contribution in [1.29, 1.82) is 0 Å². The van der Waals surface area contributed by atoms with Crippen LogP contribution in [0.1, 0.15) is 0 Å². The van der Waals surface area contributed by atoms with Gasteiger partial charge in [0.2, 0.25) is 0 Å². The summed E-state index contributed by atoms with van der Waals surface area (Å²) >= 11 is 8.73. The van der Waals surface area contributed by atoms with Crippen LogP contribution in [0.15, 0.2) is 40.9 Å². The molecule has 0 unspecified atom stereocenters. The molecule has 1 aliphatic rings. The normalized spacial score (nSPS) is 18.5. The smallest absolute Gasteiger partial charge is 0.424 e. The molecule has 0 spiro atoms. The van der Waals surface area contributed by atoms with E-state index in [2.05, 4.69) is 15.9 Å². The van der Waals surface area contributed by atoms with E-state index in [1.165, 1.54) is 24.3 Å². The fraction of sp³-hybridized carbons (Fsp3) is 0.133. The average molecular weight is 456 g/mol. The molecular formula is C15H8BrClF4N2O3. The van der Waals surface area contributed by atoms with Gasteiger partial charge < -0.3 is 14.8 Å². The maximum absolute atomic E-state index is 13.7. The minimum Gasteiger partial charge on any atom is -0.424 e. The summed E-state index contributed by atoms with van der Waals surface area (Å²) in [6, 6.07) is 5.80. The summed E-state index contributed by atoms with van der Waals surface area (Å²) in [7, 11) is 0. The number of hydrogen-bond donors (Lipinski definition) is 2. The van der Waals surface area contributed by atoms with Crippen molar-refractivity contribution in [2.45, 2.75) is 12.1 Å². The van der Waals surface area contributed by atoms with E-state index in [1.54, 1.807) is 5.32 Å². The van der Waals surface area contributed by atoms with Crippen molar-refractivity contribution in [2.75, 3.05) is 5.32 Å². The van der Waals surface area contributed by atoms with Crippen LogP contribution < -0.4 is 20.1 Å². The Hall–Kier alpha value is -2.20. The summed E-state index contributed by atoms with van der Waals surface area (Å²) in [5, 5.41) is 3.63. The summed E-state index contributed by atoms with van der Waals surface area (Å²) in [4.78, 5) is 12.0. The molecule has 1 aliphatic heterocycles. The van der Waals surface area contributed by atoms with E-state index in [0.717, 1.165) is 12.1 Å². The lowest BCUT2D eigenvalue weighted by Gasteiger charge is -2.29. The van der Waals surface area contributed by atoms with Gasteiger partial charge in [0.1, 0.15) is 5.82 Å². The molecule has 0 aromatic heterocycles. The molecule has 26 heavy (non-hydrogen) atoms. The first kappa shape index (κ1) is 18.6. The second kappa shape index (κ2) is 6.51. The van der Waals surface area contributed by atoms with E-state index in [-0.39, 0.29) is 22.2 Å². The van der Waals surface area contributed by atoms with Crippen molar-refractivity contribution in [2.24, 2.45) is 0 Å². The summed E-state index contributed by atoms with van der Waals surface area (Å²) < 4.78 is 64.2. The molecule has 5 nitrogen and oxygen atoms in total. The van der Waals surface area contributed by atoms with E-state index in [9.17, 15) is 22.4 Å². The number of anilines is 1. The molecule has 0 fully saturated rings. The number of halogens is 6. The third kappa shape index (κ3) is 3.51. The fourth-order valence-electron chi connectivity index (χ4n) is 2.11. The van der Waals surface area contributed by atoms with E-state index >= 15 is 0 Å². The summed E-state index contributed by atoms with van der Waals surface area (Å²) in [6.07, 6.45) is -5.14. The Balaban J connectivity index is 1.83. The van der Waals surface area contributed by atoms with Crippen molar-refractivity contribution in [1.82, 2.24) is 5.32 Å². The number of nitrogens with one attached hydrogen (secondary N) is 2. The molecule has 2 aromatic carbocycles. The third-order valence-electron chi connectivity index (χ3n) is 3.24. The van der Waals surface area contributed by atoms with Gasteiger partial charge in [0.25, 0.3) is 0 Å². The minimum atomic E-state index is -5.14. The van der Waals surface area contributed by atoms with Crippen molar-refractivity contribution in [3.05, 3.63) is 51.7 Å². The van der Waals surface area contributed by atoms with Gasteiger partial charge in [0, 0.05) is 15.6 Å². The van der Waals surface area contributed by atoms with Crippen LogP contribution in [0.4, 0.5) is 28.0 Å². The van der Waals surface area contributed by atoms with Crippen LogP contribution in [-0.2, 0) is 0 Å². The van der Waals surface area contributed by atoms with E-state index < -0.39 is 23.9 Å². The van der Waals surface area contributed by atoms with Crippen LogP contribution in [0.3, 0.4) is 0 Å². The molecule has 0 aliphatic carbocycles. The van der Waals surface area contributed by atoms with E-state index in [4.69, 9.17) is 21.1 Å². The lowest BCUT2D eigenvalue weighted by atomic mass is 10.3. The number of fused-ring (bicyclic) bond motifs is 1. The van der Waals surface area contributed by atoms with Gasteiger partial charge in [-0.1, -0.05) is 27.5 Å². The quantitative estimate of drug-likeness (QED) is 0.623. The van der Waals surface area contributed by atoms with Gasteiger partial charge >= 0.3 is 18.1 Å². The lowest BCUT2D eigenvalue weighted by molar-refractivity contribution is -0.317. The molecule has 11 heteroatoms. The molecule has 2 N–H and O–H groups in total. The molecule has 1 heterocycles. The molecule has 138 valence electrons. The molecule has 1 atom stereocenters. The van der Waals surface area contributed by atoms with Crippen LogP contribution in [0.5, 0.6) is 11.5 Å². The standard InChI is InChI=1S/C15H8BrClF4N2O3/c16-7-1-3-10(9(18)5-7)22-13(24)23-15(14(19,20)21)25-11-4-2-8(17)6-12(11)26-15/h1-6H,(H2,22,23,24)/t15-/m1/s1. The number of hydrogen-bond acceptors (Lipinski definition) is 3. The monoisotopic (exact) mass is 454 g/mol. The van der Waals surface area contributed by atoms with Gasteiger partial charge in [-0.25, -0.2) is 9.18 Å². The molecule has 3 rings (SSSR count). The summed E-state index contributed by atoms with van der Waals surface area (Å²) in [5.74, 6) is -4.89. The highest BCUT2D eigenvalue weighted by atomic mass is 79.9. The van der Waals surface area contributed by atoms with Gasteiger partial charge in [-0.2, -0.15) is 13.2 Å². The second-order valence-corrected chi connectivity index (χ2v) is 6.46. The van der Waals surface area contributed by atoms with E-state index in [1.807, 2.05) is 5.32 Å². The van der Waals surface area contributed by atoms with Gasteiger partial charge in [-0.05, 0) is 30.3 Å². The Morgan fingerprint density at radius 3 is 2.46 bits per heavy atom. The highest BCUT2D eigenvalue weighted by Crippen LogP contribution is 2.46. The Labute approximate surface area is 157 Å². The zero-order chi connectivity index (χ0) is 19.1. The van der Waals surface area contributed by atoms with E-state index in [0.29, 0.717) is 4.47 Å². The predicted molar refractivity (Wildman–Crippen MR) is 87.7 cm³/mol. The van der Waals surface area contributed by atoms with Crippen molar-refractivity contribution in [3.8, 4) is 11.5 Å². The van der Waals surface area contributed by atoms with Crippen LogP contribution >= 0.6 is 27.5 Å². The van der Waals surface area contributed by atoms with Crippen molar-refractivity contribution < 1.29 is 31.8 Å². The van der Waals surface area contributed by atoms with Gasteiger partial charge in [-0.3, -0.25) is 5.32 Å². The first-order valence-electron chi connectivity index (χ1n) is 6.88. The maximum Gasteiger partial charge on any atom is 0.492 e. The number of benzene rings is 2. The molecule has 0 bridgehead atoms. The Morgan fingerprint density at radius 1 is 1.12 bits per heavy atom. The van der Waals surface area contributed by atoms with Crippen molar-refractivity contribution >= 4 is 39.2 Å². The highest BCUT2D eigenvalue weighted by Gasteiger charge is 2.65. The highest BCUT2D eigenvalue weighted by molar-refractivity contribution is 9.10. The average Bonchev–Trinajstić information content (AvgIpc) is 2.88. The summed E-state index contributed by atoms with van der Waals surface area (Å²) in [5.41, 5.74) is -0.332. The number of rotatable bonds is 2. The molecule has 2 amide bonds. The Kier molecular flexibility index (Phi) is 4.65. The van der Waals surface area contributed by atoms with Crippen LogP contribution in [-0.4, -0.2) is 18.1 Å². The third-order valence-corrected chi connectivity index (χ3v) is 3.97. The predicted octanol–water partition coefficient (Wildman–Crippen LogP) is 5.05. The maximum atomic E-state index is 13.7. The molecule has 0 saturated carbocycles. The van der Waals surface area contributed by atoms with Gasteiger partial charge in [0.05, 0.1) is 5.69 Å². The molecule has 0 saturated heterocycles. The van der Waals surface area contributed by atoms with Gasteiger partial charge in [0.15, 0.2) is 11.5 Å². The zero-order valence-corrected chi connectivity index (χ0v) is 14.8. The summed E-state index contributed by atoms with van der Waals surface area (Å²) in [6.45, 7) is 0.